The van der Waals surface area contributed by atoms with Gasteiger partial charge < -0.3 is 19.8 Å². The molecule has 2 heterocycles. The Morgan fingerprint density at radius 2 is 1.62 bits per heavy atom. The van der Waals surface area contributed by atoms with Crippen molar-refractivity contribution >= 4 is 39.6 Å². The highest BCUT2D eigenvalue weighted by molar-refractivity contribution is 9.10. The van der Waals surface area contributed by atoms with Crippen LogP contribution in [0.4, 0.5) is 23.7 Å². The third kappa shape index (κ3) is 8.63. The molecule has 1 atom stereocenters. The third-order valence-corrected chi connectivity index (χ3v) is 5.14. The van der Waals surface area contributed by atoms with Gasteiger partial charge in [0.05, 0.1) is 0 Å². The van der Waals surface area contributed by atoms with Crippen molar-refractivity contribution in [1.29, 1.82) is 0 Å². The largest absolute Gasteiger partial charge is 0.490 e. The normalized spacial score (nSPS) is 14.9. The zero-order valence-electron chi connectivity index (χ0n) is 17.5. The summed E-state index contributed by atoms with van der Waals surface area (Å²) in [6.07, 6.45) is -2.84. The van der Waals surface area contributed by atoms with E-state index >= 15 is 0 Å². The molecule has 9 nitrogen and oxygen atoms in total. The fourth-order valence-corrected chi connectivity index (χ4v) is 3.15. The number of halogens is 4. The number of pyridine rings is 1. The molecule has 0 bridgehead atoms. The van der Waals surface area contributed by atoms with Crippen molar-refractivity contribution in [3.63, 3.8) is 0 Å². The molecule has 1 aromatic heterocycles. The van der Waals surface area contributed by atoms with Gasteiger partial charge >= 0.3 is 18.2 Å². The number of carboxylic acids is 1. The highest BCUT2D eigenvalue weighted by Crippen LogP contribution is 2.22. The van der Waals surface area contributed by atoms with Gasteiger partial charge in [-0.2, -0.15) is 13.2 Å². The number of rotatable bonds is 4. The van der Waals surface area contributed by atoms with Crippen LogP contribution in [-0.4, -0.2) is 63.4 Å². The maximum absolute atomic E-state index is 12.5. The van der Waals surface area contributed by atoms with E-state index in [9.17, 15) is 27.9 Å². The minimum atomic E-state index is -5.08. The standard InChI is InChI=1S/C19H20BrN3O4.C2HF3O2/c20-14-3-1-13(2-4-14)17(24)18(25)23-11-7-16(8-12-23)27-19(26)22-15-5-9-21-10-6-15;3-2(4,5)1(6)7/h1-6,9-10,16-17,24H,7-8,11-12H2,(H,21,22,26);(H,6,7). The number of hydrogen-bond acceptors (Lipinski definition) is 6. The molecule has 2 aromatic rings. The number of aromatic nitrogens is 1. The molecule has 1 unspecified atom stereocenters. The number of aliphatic hydroxyl groups is 1. The topological polar surface area (TPSA) is 129 Å². The number of carbonyl (C=O) groups is 3. The number of carbonyl (C=O) groups excluding carboxylic acids is 2. The Balaban J connectivity index is 0.000000509. The van der Waals surface area contributed by atoms with Crippen LogP contribution in [0.2, 0.25) is 0 Å². The minimum Gasteiger partial charge on any atom is -0.475 e. The number of nitrogens with one attached hydrogen (secondary N) is 1. The first-order valence-electron chi connectivity index (χ1n) is 9.87. The lowest BCUT2D eigenvalue weighted by Crippen LogP contribution is -2.43. The minimum absolute atomic E-state index is 0.263. The second kappa shape index (κ2) is 12.3. The van der Waals surface area contributed by atoms with Crippen molar-refractivity contribution < 1.29 is 42.5 Å². The number of anilines is 1. The van der Waals surface area contributed by atoms with Crippen molar-refractivity contribution in [2.24, 2.45) is 0 Å². The molecule has 1 aromatic carbocycles. The maximum atomic E-state index is 12.5. The van der Waals surface area contributed by atoms with E-state index in [2.05, 4.69) is 26.2 Å². The summed E-state index contributed by atoms with van der Waals surface area (Å²) < 4.78 is 38.0. The van der Waals surface area contributed by atoms with Gasteiger partial charge in [-0.25, -0.2) is 9.59 Å². The Morgan fingerprint density at radius 1 is 1.09 bits per heavy atom. The lowest BCUT2D eigenvalue weighted by Gasteiger charge is -2.33. The molecule has 3 N–H and O–H groups in total. The average Bonchev–Trinajstić information content (AvgIpc) is 2.79. The van der Waals surface area contributed by atoms with E-state index in [-0.39, 0.29) is 12.0 Å². The first-order chi connectivity index (χ1) is 16.0. The van der Waals surface area contributed by atoms with Crippen LogP contribution < -0.4 is 5.32 Å². The highest BCUT2D eigenvalue weighted by atomic mass is 79.9. The molecule has 1 fully saturated rings. The van der Waals surface area contributed by atoms with Crippen LogP contribution in [0.1, 0.15) is 24.5 Å². The Hall–Kier alpha value is -3.19. The molecule has 184 valence electrons. The van der Waals surface area contributed by atoms with Crippen LogP contribution in [0.25, 0.3) is 0 Å². The van der Waals surface area contributed by atoms with Crippen LogP contribution in [0.5, 0.6) is 0 Å². The van der Waals surface area contributed by atoms with Crippen molar-refractivity contribution in [2.75, 3.05) is 18.4 Å². The van der Waals surface area contributed by atoms with Crippen LogP contribution in [-0.2, 0) is 14.3 Å². The Morgan fingerprint density at radius 3 is 2.12 bits per heavy atom. The number of carboxylic acid groups (broad SMARTS) is 1. The smallest absolute Gasteiger partial charge is 0.475 e. The van der Waals surface area contributed by atoms with E-state index < -0.39 is 24.3 Å². The van der Waals surface area contributed by atoms with E-state index in [1.807, 2.05) is 0 Å². The van der Waals surface area contributed by atoms with Crippen LogP contribution in [0.3, 0.4) is 0 Å². The molecule has 0 saturated carbocycles. The number of nitrogens with zero attached hydrogens (tertiary/aromatic N) is 2. The Bertz CT molecular complexity index is 968. The number of amides is 2. The van der Waals surface area contributed by atoms with Gasteiger partial charge in [0.25, 0.3) is 5.91 Å². The fourth-order valence-electron chi connectivity index (χ4n) is 2.89. The first kappa shape index (κ1) is 27.1. The summed E-state index contributed by atoms with van der Waals surface area (Å²) >= 11 is 3.33. The summed E-state index contributed by atoms with van der Waals surface area (Å²) in [4.78, 5) is 38.8. The number of hydrogen-bond donors (Lipinski definition) is 3. The van der Waals surface area contributed by atoms with Gasteiger partial charge in [0, 0.05) is 48.5 Å². The summed E-state index contributed by atoms with van der Waals surface area (Å²) in [6, 6.07) is 10.3. The molecule has 1 saturated heterocycles. The number of likely N-dealkylation sites (tertiary alicyclic amines) is 1. The quantitative estimate of drug-likeness (QED) is 0.531. The van der Waals surface area contributed by atoms with E-state index in [4.69, 9.17) is 14.6 Å². The summed E-state index contributed by atoms with van der Waals surface area (Å²) in [6.45, 7) is 0.860. The maximum Gasteiger partial charge on any atom is 0.490 e. The summed E-state index contributed by atoms with van der Waals surface area (Å²) in [5.74, 6) is -3.09. The third-order valence-electron chi connectivity index (χ3n) is 4.62. The van der Waals surface area contributed by atoms with Crippen molar-refractivity contribution in [1.82, 2.24) is 9.88 Å². The van der Waals surface area contributed by atoms with Crippen LogP contribution in [0.15, 0.2) is 53.3 Å². The van der Waals surface area contributed by atoms with E-state index in [1.54, 1.807) is 53.7 Å². The second-order valence-corrected chi connectivity index (χ2v) is 7.96. The van der Waals surface area contributed by atoms with Gasteiger partial charge in [-0.1, -0.05) is 28.1 Å². The van der Waals surface area contributed by atoms with Gasteiger partial charge in [0.15, 0.2) is 6.10 Å². The molecule has 34 heavy (non-hydrogen) atoms. The van der Waals surface area contributed by atoms with Gasteiger partial charge in [-0.15, -0.1) is 0 Å². The van der Waals surface area contributed by atoms with E-state index in [0.29, 0.717) is 37.2 Å². The SMILES string of the molecule is O=C(Nc1ccncc1)OC1CCN(C(=O)C(O)c2ccc(Br)cc2)CC1.O=C(O)C(F)(F)F. The highest BCUT2D eigenvalue weighted by Gasteiger charge is 2.38. The molecular weight excluding hydrogens is 527 g/mol. The molecule has 0 radical (unpaired) electrons. The summed E-state index contributed by atoms with van der Waals surface area (Å²) in [5.41, 5.74) is 1.17. The zero-order chi connectivity index (χ0) is 25.3. The Labute approximate surface area is 200 Å². The predicted molar refractivity (Wildman–Crippen MR) is 117 cm³/mol. The number of ether oxygens (including phenoxy) is 1. The molecule has 1 aliphatic rings. The molecular formula is C21H21BrF3N3O6. The molecule has 0 spiro atoms. The van der Waals surface area contributed by atoms with Crippen molar-refractivity contribution in [3.05, 3.63) is 58.8 Å². The summed E-state index contributed by atoms with van der Waals surface area (Å²) in [5, 5.41) is 20.1. The first-order valence-corrected chi connectivity index (χ1v) is 10.7. The summed E-state index contributed by atoms with van der Waals surface area (Å²) in [7, 11) is 0. The van der Waals surface area contributed by atoms with Crippen molar-refractivity contribution in [2.45, 2.75) is 31.2 Å². The molecule has 13 heteroatoms. The Kier molecular flexibility index (Phi) is 9.81. The number of aliphatic carboxylic acids is 1. The predicted octanol–water partition coefficient (Wildman–Crippen LogP) is 3.75. The lowest BCUT2D eigenvalue weighted by atomic mass is 10.0. The molecule has 3 rings (SSSR count). The van der Waals surface area contributed by atoms with Gasteiger partial charge in [-0.3, -0.25) is 15.1 Å². The number of alkyl halides is 3. The zero-order valence-corrected chi connectivity index (χ0v) is 19.1. The molecule has 0 aliphatic carbocycles. The van der Waals surface area contributed by atoms with E-state index in [1.165, 1.54) is 0 Å². The van der Waals surface area contributed by atoms with Gasteiger partial charge in [0.1, 0.15) is 6.10 Å². The van der Waals surface area contributed by atoms with Crippen LogP contribution >= 0.6 is 15.9 Å². The van der Waals surface area contributed by atoms with Gasteiger partial charge in [0.2, 0.25) is 0 Å². The van der Waals surface area contributed by atoms with Crippen LogP contribution in [0, 0.1) is 0 Å². The number of aliphatic hydroxyl groups excluding tert-OH is 1. The molecule has 1 aliphatic heterocycles. The molecule has 2 amide bonds. The average molecular weight is 548 g/mol. The second-order valence-electron chi connectivity index (χ2n) is 7.05. The van der Waals surface area contributed by atoms with Gasteiger partial charge in [-0.05, 0) is 29.8 Å². The van der Waals surface area contributed by atoms with E-state index in [0.717, 1.165) is 4.47 Å². The lowest BCUT2D eigenvalue weighted by molar-refractivity contribution is -0.192. The number of piperidine rings is 1. The van der Waals surface area contributed by atoms with Crippen molar-refractivity contribution in [3.8, 4) is 0 Å². The monoisotopic (exact) mass is 547 g/mol. The number of benzene rings is 1. The fraction of sp³-hybridized carbons (Fsp3) is 0.333.